The van der Waals surface area contributed by atoms with Crippen LogP contribution in [0.1, 0.15) is 141 Å². The minimum absolute atomic E-state index is 0.142. The third-order valence-electron chi connectivity index (χ3n) is 5.62. The van der Waals surface area contributed by atoms with Crippen molar-refractivity contribution in [2.75, 3.05) is 6.54 Å². The maximum Gasteiger partial charge on any atom is 0.203 e. The molecule has 0 aliphatic heterocycles. The normalized spacial score (nSPS) is 11.0. The summed E-state index contributed by atoms with van der Waals surface area (Å²) in [5.41, 5.74) is 0. The summed E-state index contributed by atoms with van der Waals surface area (Å²) in [6.07, 6.45) is 29.5. The molecule has 0 heterocycles. The molecule has 0 atom stereocenters. The summed E-state index contributed by atoms with van der Waals surface area (Å²) in [5, 5.41) is 10.2. The summed E-state index contributed by atoms with van der Waals surface area (Å²) in [5.74, 6) is 0. The molecule has 0 saturated heterocycles. The van der Waals surface area contributed by atoms with Crippen molar-refractivity contribution in [1.82, 2.24) is 0 Å². The molecule has 4 nitrogen and oxygen atoms in total. The van der Waals surface area contributed by atoms with Crippen molar-refractivity contribution in [1.29, 1.82) is 0 Å². The molecule has 0 fully saturated rings. The molecule has 0 amide bonds. The lowest BCUT2D eigenvalue weighted by Gasteiger charge is -2.04. The maximum absolute atomic E-state index is 10.2. The van der Waals surface area contributed by atoms with E-state index in [1.807, 2.05) is 6.29 Å². The van der Waals surface area contributed by atoms with Crippen LogP contribution in [0, 0.1) is 10.1 Å². The standard InChI is InChI=1S/C24H46NO3/c26-24-22-20-18-16-14-12-10-8-6-4-2-1-3-5-7-9-11-13-15-17-19-21-23-25(27)28/h1-23H2. The summed E-state index contributed by atoms with van der Waals surface area (Å²) >= 11 is 0. The largest absolute Gasteiger partial charge is 0.291 e. The Hall–Kier alpha value is -0.930. The van der Waals surface area contributed by atoms with Gasteiger partial charge in [-0.15, -0.1) is 0 Å². The zero-order valence-corrected chi connectivity index (χ0v) is 18.4. The molecule has 1 radical (unpaired) electrons. The predicted octanol–water partition coefficient (Wildman–Crippen LogP) is 7.96. The number of nitro groups is 1. The Labute approximate surface area is 174 Å². The predicted molar refractivity (Wildman–Crippen MR) is 119 cm³/mol. The van der Waals surface area contributed by atoms with E-state index >= 15 is 0 Å². The van der Waals surface area contributed by atoms with E-state index in [-0.39, 0.29) is 11.5 Å². The molecule has 0 N–H and O–H groups in total. The summed E-state index contributed by atoms with van der Waals surface area (Å²) < 4.78 is 0. The van der Waals surface area contributed by atoms with Crippen molar-refractivity contribution in [3.8, 4) is 0 Å². The van der Waals surface area contributed by atoms with Crippen molar-refractivity contribution >= 4 is 6.29 Å². The van der Waals surface area contributed by atoms with E-state index < -0.39 is 0 Å². The average Bonchev–Trinajstić information content (AvgIpc) is 2.68. The van der Waals surface area contributed by atoms with Gasteiger partial charge in [0.25, 0.3) is 0 Å². The van der Waals surface area contributed by atoms with E-state index in [9.17, 15) is 14.9 Å². The first-order chi connectivity index (χ1) is 13.8. The van der Waals surface area contributed by atoms with Gasteiger partial charge in [-0.25, -0.2) is 0 Å². The fourth-order valence-corrected chi connectivity index (χ4v) is 3.80. The fraction of sp³-hybridized carbons (Fsp3) is 0.958. The first kappa shape index (κ1) is 27.1. The van der Waals surface area contributed by atoms with Crippen molar-refractivity contribution in [3.05, 3.63) is 10.1 Å². The summed E-state index contributed by atoms with van der Waals surface area (Å²) in [6, 6.07) is 0. The second-order valence-corrected chi connectivity index (χ2v) is 8.38. The third kappa shape index (κ3) is 25.1. The van der Waals surface area contributed by atoms with Gasteiger partial charge in [0.15, 0.2) is 6.29 Å². The Morgan fingerprint density at radius 1 is 0.464 bits per heavy atom. The molecule has 0 aromatic heterocycles. The first-order valence-corrected chi connectivity index (χ1v) is 12.2. The van der Waals surface area contributed by atoms with Crippen LogP contribution in [0.5, 0.6) is 0 Å². The van der Waals surface area contributed by atoms with Gasteiger partial charge in [0, 0.05) is 17.8 Å². The molecular formula is C24H46NO3. The van der Waals surface area contributed by atoms with Gasteiger partial charge in [-0.05, 0) is 12.8 Å². The highest BCUT2D eigenvalue weighted by Crippen LogP contribution is 2.15. The van der Waals surface area contributed by atoms with E-state index in [0.29, 0.717) is 6.42 Å². The lowest BCUT2D eigenvalue weighted by Crippen LogP contribution is -1.99. The van der Waals surface area contributed by atoms with Crippen LogP contribution in [0.3, 0.4) is 0 Å². The second kappa shape index (κ2) is 24.1. The van der Waals surface area contributed by atoms with Crippen molar-refractivity contribution in [2.24, 2.45) is 0 Å². The van der Waals surface area contributed by atoms with Crippen LogP contribution in [-0.2, 0) is 4.79 Å². The number of unbranched alkanes of at least 4 members (excludes halogenated alkanes) is 21. The Bertz CT molecular complexity index is 334. The van der Waals surface area contributed by atoms with Gasteiger partial charge in [0.05, 0.1) is 0 Å². The van der Waals surface area contributed by atoms with Crippen LogP contribution in [0.25, 0.3) is 0 Å². The lowest BCUT2D eigenvalue weighted by molar-refractivity contribution is -0.480. The molecule has 4 heteroatoms. The minimum Gasteiger partial charge on any atom is -0.291 e. The Kier molecular flexibility index (Phi) is 23.3. The summed E-state index contributed by atoms with van der Waals surface area (Å²) in [6.45, 7) is 0.142. The molecule has 28 heavy (non-hydrogen) atoms. The second-order valence-electron chi connectivity index (χ2n) is 8.38. The molecule has 0 saturated carbocycles. The highest BCUT2D eigenvalue weighted by atomic mass is 16.6. The molecule has 0 unspecified atom stereocenters. The van der Waals surface area contributed by atoms with Crippen LogP contribution in [-0.4, -0.2) is 17.8 Å². The van der Waals surface area contributed by atoms with Crippen molar-refractivity contribution < 1.29 is 9.72 Å². The SMILES string of the molecule is O=[C]CCCCCCCCCCCCCCCCCCCCCCC[N+](=O)[O-]. The first-order valence-electron chi connectivity index (χ1n) is 12.2. The van der Waals surface area contributed by atoms with Crippen molar-refractivity contribution in [3.63, 3.8) is 0 Å². The molecule has 0 aliphatic carbocycles. The smallest absolute Gasteiger partial charge is 0.203 e. The topological polar surface area (TPSA) is 60.2 Å². The molecule has 0 spiro atoms. The number of rotatable bonds is 24. The van der Waals surface area contributed by atoms with E-state index in [1.165, 1.54) is 109 Å². The van der Waals surface area contributed by atoms with Gasteiger partial charge in [-0.2, -0.15) is 0 Å². The van der Waals surface area contributed by atoms with E-state index in [0.717, 1.165) is 25.7 Å². The Balaban J connectivity index is 2.99. The number of hydrogen-bond acceptors (Lipinski definition) is 3. The minimum atomic E-state index is -0.206. The van der Waals surface area contributed by atoms with Crippen LogP contribution in [0.4, 0.5) is 0 Å². The van der Waals surface area contributed by atoms with Crippen LogP contribution < -0.4 is 0 Å². The van der Waals surface area contributed by atoms with Gasteiger partial charge in [0.1, 0.15) is 0 Å². The number of hydrogen-bond donors (Lipinski definition) is 0. The van der Waals surface area contributed by atoms with Gasteiger partial charge in [-0.1, -0.05) is 116 Å². The maximum atomic E-state index is 10.2. The van der Waals surface area contributed by atoms with Crippen LogP contribution in [0.2, 0.25) is 0 Å². The molecule has 0 aromatic rings. The van der Waals surface area contributed by atoms with Gasteiger partial charge in [0.2, 0.25) is 6.54 Å². The third-order valence-corrected chi connectivity index (χ3v) is 5.62. The Morgan fingerprint density at radius 2 is 0.714 bits per heavy atom. The molecule has 0 rings (SSSR count). The van der Waals surface area contributed by atoms with Gasteiger partial charge in [-0.3, -0.25) is 14.9 Å². The quantitative estimate of drug-likeness (QED) is 0.0944. The number of carbonyl (C=O) groups excluding carboxylic acids is 1. The molecule has 0 aromatic carbocycles. The van der Waals surface area contributed by atoms with Crippen LogP contribution >= 0.6 is 0 Å². The Morgan fingerprint density at radius 3 is 0.964 bits per heavy atom. The monoisotopic (exact) mass is 396 g/mol. The van der Waals surface area contributed by atoms with E-state index in [4.69, 9.17) is 0 Å². The molecular weight excluding hydrogens is 350 g/mol. The van der Waals surface area contributed by atoms with Crippen LogP contribution in [0.15, 0.2) is 0 Å². The van der Waals surface area contributed by atoms with Gasteiger partial charge < -0.3 is 0 Å². The summed E-state index contributed by atoms with van der Waals surface area (Å²) in [4.78, 5) is 20.1. The molecule has 165 valence electrons. The van der Waals surface area contributed by atoms with Gasteiger partial charge >= 0.3 is 0 Å². The molecule has 0 bridgehead atoms. The zero-order chi connectivity index (χ0) is 20.5. The fourth-order valence-electron chi connectivity index (χ4n) is 3.80. The van der Waals surface area contributed by atoms with E-state index in [2.05, 4.69) is 0 Å². The van der Waals surface area contributed by atoms with E-state index in [1.54, 1.807) is 0 Å². The highest BCUT2D eigenvalue weighted by molar-refractivity contribution is 5.50. The van der Waals surface area contributed by atoms with Crippen molar-refractivity contribution in [2.45, 2.75) is 141 Å². The number of nitrogens with zero attached hydrogens (tertiary/aromatic N) is 1. The summed E-state index contributed by atoms with van der Waals surface area (Å²) in [7, 11) is 0. The average molecular weight is 397 g/mol. The lowest BCUT2D eigenvalue weighted by atomic mass is 10.0. The molecule has 0 aliphatic rings. The zero-order valence-electron chi connectivity index (χ0n) is 18.4. The highest BCUT2D eigenvalue weighted by Gasteiger charge is 1.98.